The summed E-state index contributed by atoms with van der Waals surface area (Å²) in [6, 6.07) is 10.8. The molecule has 0 bridgehead atoms. The number of benzene rings is 1. The molecule has 1 N–H and O–H groups in total. The van der Waals surface area contributed by atoms with E-state index in [1.807, 2.05) is 6.07 Å². The summed E-state index contributed by atoms with van der Waals surface area (Å²) >= 11 is 0. The minimum absolute atomic E-state index is 0.125. The predicted octanol–water partition coefficient (Wildman–Crippen LogP) is 4.04. The Hall–Kier alpha value is -2.14. The van der Waals surface area contributed by atoms with Gasteiger partial charge in [0.25, 0.3) is 0 Å². The smallest absolute Gasteiger partial charge is 0.220 e. The normalized spacial score (nSPS) is 15.8. The van der Waals surface area contributed by atoms with Crippen molar-refractivity contribution in [2.45, 2.75) is 66.0 Å². The van der Waals surface area contributed by atoms with Crippen LogP contribution < -0.4 is 5.32 Å². The molecular formula is C24H36N4O. The van der Waals surface area contributed by atoms with Crippen molar-refractivity contribution in [1.82, 2.24) is 20.0 Å². The van der Waals surface area contributed by atoms with E-state index in [-0.39, 0.29) is 11.9 Å². The summed E-state index contributed by atoms with van der Waals surface area (Å²) < 4.78 is 2.09. The first-order chi connectivity index (χ1) is 14.0. The second-order valence-electron chi connectivity index (χ2n) is 8.70. The molecule has 1 saturated heterocycles. The van der Waals surface area contributed by atoms with Crippen molar-refractivity contribution in [3.8, 4) is 0 Å². The van der Waals surface area contributed by atoms with E-state index in [0.717, 1.165) is 31.7 Å². The Morgan fingerprint density at radius 1 is 1.14 bits per heavy atom. The molecule has 5 heteroatoms. The third-order valence-electron chi connectivity index (χ3n) is 5.93. The van der Waals surface area contributed by atoms with E-state index in [1.165, 1.54) is 29.7 Å². The molecule has 1 aliphatic heterocycles. The van der Waals surface area contributed by atoms with Crippen LogP contribution in [0.3, 0.4) is 0 Å². The van der Waals surface area contributed by atoms with Crippen LogP contribution in [0, 0.1) is 19.8 Å². The molecule has 0 aliphatic carbocycles. The zero-order valence-electron chi connectivity index (χ0n) is 18.4. The van der Waals surface area contributed by atoms with Crippen LogP contribution in [0.15, 0.2) is 30.3 Å². The van der Waals surface area contributed by atoms with Crippen molar-refractivity contribution < 1.29 is 4.79 Å². The second kappa shape index (κ2) is 10.1. The van der Waals surface area contributed by atoms with Crippen LogP contribution in [0.25, 0.3) is 0 Å². The van der Waals surface area contributed by atoms with E-state index in [4.69, 9.17) is 0 Å². The maximum atomic E-state index is 12.6. The van der Waals surface area contributed by atoms with Crippen LogP contribution in [0.4, 0.5) is 0 Å². The molecule has 5 nitrogen and oxygen atoms in total. The van der Waals surface area contributed by atoms with Crippen molar-refractivity contribution in [3.63, 3.8) is 0 Å². The number of amides is 1. The molecule has 3 rings (SSSR count). The summed E-state index contributed by atoms with van der Waals surface area (Å²) in [5.41, 5.74) is 4.76. The van der Waals surface area contributed by atoms with Crippen LogP contribution >= 0.6 is 0 Å². The number of likely N-dealkylation sites (tertiary alicyclic amines) is 1. The number of carbonyl (C=O) groups excluding carboxylic acids is 1. The van der Waals surface area contributed by atoms with Crippen LogP contribution in [0.1, 0.15) is 61.7 Å². The lowest BCUT2D eigenvalue weighted by Crippen LogP contribution is -2.36. The van der Waals surface area contributed by atoms with Gasteiger partial charge in [-0.25, -0.2) is 0 Å². The van der Waals surface area contributed by atoms with Gasteiger partial charge in [0.15, 0.2) is 0 Å². The number of nitrogens with one attached hydrogen (secondary N) is 1. The molecule has 1 fully saturated rings. The average Bonchev–Trinajstić information content (AvgIpc) is 3.30. The molecule has 1 atom stereocenters. The van der Waals surface area contributed by atoms with Crippen molar-refractivity contribution in [2.75, 3.05) is 19.6 Å². The Morgan fingerprint density at radius 2 is 1.83 bits per heavy atom. The minimum atomic E-state index is 0.125. The SMILES string of the molecule is Cc1nn(CC(C)C)c(C)c1CCC(=O)NCC(c1ccccc1)N1CCCC1. The number of hydrogen-bond donors (Lipinski definition) is 1. The molecular weight excluding hydrogens is 360 g/mol. The summed E-state index contributed by atoms with van der Waals surface area (Å²) in [5, 5.41) is 7.87. The molecule has 2 heterocycles. The molecule has 0 spiro atoms. The van der Waals surface area contributed by atoms with Crippen molar-refractivity contribution in [1.29, 1.82) is 0 Å². The largest absolute Gasteiger partial charge is 0.354 e. The number of aromatic nitrogens is 2. The third kappa shape index (κ3) is 5.69. The Bertz CT molecular complexity index is 791. The van der Waals surface area contributed by atoms with Gasteiger partial charge in [0.05, 0.1) is 11.7 Å². The van der Waals surface area contributed by atoms with Gasteiger partial charge >= 0.3 is 0 Å². The molecule has 0 saturated carbocycles. The quantitative estimate of drug-likeness (QED) is 0.696. The van der Waals surface area contributed by atoms with E-state index >= 15 is 0 Å². The monoisotopic (exact) mass is 396 g/mol. The molecule has 29 heavy (non-hydrogen) atoms. The molecule has 0 radical (unpaired) electrons. The van der Waals surface area contributed by atoms with Gasteiger partial charge in [-0.3, -0.25) is 14.4 Å². The van der Waals surface area contributed by atoms with Crippen molar-refractivity contribution in [2.24, 2.45) is 5.92 Å². The molecule has 1 aromatic carbocycles. The maximum Gasteiger partial charge on any atom is 0.220 e. The fraction of sp³-hybridized carbons (Fsp3) is 0.583. The lowest BCUT2D eigenvalue weighted by atomic mass is 10.0. The summed E-state index contributed by atoms with van der Waals surface area (Å²) in [5.74, 6) is 0.685. The summed E-state index contributed by atoms with van der Waals surface area (Å²) in [4.78, 5) is 15.1. The Kier molecular flexibility index (Phi) is 7.48. The van der Waals surface area contributed by atoms with E-state index in [1.54, 1.807) is 0 Å². The van der Waals surface area contributed by atoms with Crippen LogP contribution in [-0.4, -0.2) is 40.2 Å². The standard InChI is InChI=1S/C24H36N4O/c1-18(2)17-28-20(4)22(19(3)26-28)12-13-24(29)25-16-23(27-14-8-9-15-27)21-10-6-5-7-11-21/h5-7,10-11,18,23H,8-9,12-17H2,1-4H3,(H,25,29). The van der Waals surface area contributed by atoms with E-state index < -0.39 is 0 Å². The Labute approximate surface area is 175 Å². The highest BCUT2D eigenvalue weighted by molar-refractivity contribution is 5.76. The van der Waals surface area contributed by atoms with Gasteiger partial charge in [0.2, 0.25) is 5.91 Å². The van der Waals surface area contributed by atoms with Gasteiger partial charge in [-0.05, 0) is 63.2 Å². The minimum Gasteiger partial charge on any atom is -0.354 e. The summed E-state index contributed by atoms with van der Waals surface area (Å²) in [6.45, 7) is 12.4. The van der Waals surface area contributed by atoms with E-state index in [9.17, 15) is 4.79 Å². The van der Waals surface area contributed by atoms with Gasteiger partial charge in [0, 0.05) is 25.2 Å². The number of aryl methyl sites for hydroxylation is 1. The molecule has 1 aromatic heterocycles. The first-order valence-electron chi connectivity index (χ1n) is 11.0. The second-order valence-corrected chi connectivity index (χ2v) is 8.70. The molecule has 1 aliphatic rings. The zero-order chi connectivity index (χ0) is 20.8. The molecule has 1 amide bonds. The third-order valence-corrected chi connectivity index (χ3v) is 5.93. The topological polar surface area (TPSA) is 50.2 Å². The summed E-state index contributed by atoms with van der Waals surface area (Å²) in [7, 11) is 0. The van der Waals surface area contributed by atoms with Crippen LogP contribution in [0.5, 0.6) is 0 Å². The lowest BCUT2D eigenvalue weighted by molar-refractivity contribution is -0.121. The number of rotatable bonds is 9. The fourth-order valence-electron chi connectivity index (χ4n) is 4.34. The van der Waals surface area contributed by atoms with E-state index in [0.29, 0.717) is 18.9 Å². The number of nitrogens with zero attached hydrogens (tertiary/aromatic N) is 3. The lowest BCUT2D eigenvalue weighted by Gasteiger charge is -2.28. The van der Waals surface area contributed by atoms with Crippen LogP contribution in [0.2, 0.25) is 0 Å². The highest BCUT2D eigenvalue weighted by Gasteiger charge is 2.24. The van der Waals surface area contributed by atoms with Gasteiger partial charge < -0.3 is 5.32 Å². The zero-order valence-corrected chi connectivity index (χ0v) is 18.4. The predicted molar refractivity (Wildman–Crippen MR) is 118 cm³/mol. The van der Waals surface area contributed by atoms with E-state index in [2.05, 4.69) is 72.0 Å². The van der Waals surface area contributed by atoms with Gasteiger partial charge in [-0.15, -0.1) is 0 Å². The summed E-state index contributed by atoms with van der Waals surface area (Å²) in [6.07, 6.45) is 3.75. The van der Waals surface area contributed by atoms with Crippen LogP contribution in [-0.2, 0) is 17.8 Å². The maximum absolute atomic E-state index is 12.6. The van der Waals surface area contributed by atoms with Crippen molar-refractivity contribution in [3.05, 3.63) is 52.8 Å². The first-order valence-corrected chi connectivity index (χ1v) is 11.0. The molecule has 158 valence electrons. The molecule has 1 unspecified atom stereocenters. The Morgan fingerprint density at radius 3 is 2.48 bits per heavy atom. The van der Waals surface area contributed by atoms with Gasteiger partial charge in [-0.1, -0.05) is 44.2 Å². The van der Waals surface area contributed by atoms with Gasteiger partial charge in [0.1, 0.15) is 0 Å². The Balaban J connectivity index is 1.57. The first kappa shape index (κ1) is 21.6. The molecule has 2 aromatic rings. The number of hydrogen-bond acceptors (Lipinski definition) is 3. The number of carbonyl (C=O) groups is 1. The van der Waals surface area contributed by atoms with Crippen molar-refractivity contribution >= 4 is 5.91 Å². The highest BCUT2D eigenvalue weighted by Crippen LogP contribution is 2.24. The fourth-order valence-corrected chi connectivity index (χ4v) is 4.34. The average molecular weight is 397 g/mol. The highest BCUT2D eigenvalue weighted by atomic mass is 16.1. The van der Waals surface area contributed by atoms with Gasteiger partial charge in [-0.2, -0.15) is 5.10 Å².